The zero-order valence-electron chi connectivity index (χ0n) is 17.3. The molecule has 4 heteroatoms. The van der Waals surface area contributed by atoms with Crippen molar-refractivity contribution in [3.63, 3.8) is 0 Å². The Morgan fingerprint density at radius 3 is 2.29 bits per heavy atom. The Bertz CT molecular complexity index is 682. The molecule has 1 aromatic rings. The molecule has 154 valence electrons. The van der Waals surface area contributed by atoms with E-state index < -0.39 is 0 Å². The van der Waals surface area contributed by atoms with Crippen LogP contribution < -0.4 is 17.0 Å². The number of esters is 1. The van der Waals surface area contributed by atoms with Gasteiger partial charge in [0.15, 0.2) is 0 Å². The number of nitrogens with zero attached hydrogens (tertiary/aromatic N) is 1. The second-order valence-corrected chi connectivity index (χ2v) is 8.66. The maximum Gasteiger partial charge on any atom is 0.313 e. The lowest BCUT2D eigenvalue weighted by Gasteiger charge is -2.48. The molecule has 28 heavy (non-hydrogen) atoms. The fraction of sp³-hybridized carbons (Fsp3) is 0.625. The summed E-state index contributed by atoms with van der Waals surface area (Å²) in [5.41, 5.74) is 2.35. The van der Waals surface area contributed by atoms with Crippen molar-refractivity contribution in [3.8, 4) is 0 Å². The van der Waals surface area contributed by atoms with E-state index in [-0.39, 0.29) is 35.0 Å². The van der Waals surface area contributed by atoms with Crippen molar-refractivity contribution in [2.45, 2.75) is 77.0 Å². The summed E-state index contributed by atoms with van der Waals surface area (Å²) in [6.45, 7) is 7.10. The molecule has 2 unspecified atom stereocenters. The summed E-state index contributed by atoms with van der Waals surface area (Å²) >= 11 is 0. The second kappa shape index (κ2) is 9.13. The number of halogens is 1. The molecule has 0 N–H and O–H groups in total. The number of carbonyl (C=O) groups excluding carboxylic acids is 1. The Kier molecular flexibility index (Phi) is 7.03. The summed E-state index contributed by atoms with van der Waals surface area (Å²) in [7, 11) is 0. The van der Waals surface area contributed by atoms with Crippen molar-refractivity contribution >= 4 is 11.5 Å². The standard InChI is InChI=1S/C24H34NO2.BrH/c1-3-25(4-2)19-14-15-20(25)17-21(16-19)27-24(26)23-13-9-8-12-22(23)18-10-6-5-7-11-18;/h5-7,10-12,19-21,23H,3-4,8-9,13-17H2,1-2H3;1H/q+1;/p-1/t19-,20+,21?,23?;. The van der Waals surface area contributed by atoms with E-state index in [0.29, 0.717) is 12.1 Å². The van der Waals surface area contributed by atoms with Gasteiger partial charge in [0.05, 0.1) is 31.1 Å². The number of hydrogen-bond donors (Lipinski definition) is 0. The van der Waals surface area contributed by atoms with E-state index >= 15 is 0 Å². The highest BCUT2D eigenvalue weighted by Gasteiger charge is 2.53. The highest BCUT2D eigenvalue weighted by molar-refractivity contribution is 5.89. The van der Waals surface area contributed by atoms with Crippen LogP contribution in [0.5, 0.6) is 0 Å². The molecule has 1 aromatic carbocycles. The van der Waals surface area contributed by atoms with Crippen molar-refractivity contribution in [1.29, 1.82) is 0 Å². The zero-order valence-corrected chi connectivity index (χ0v) is 18.9. The average molecular weight is 448 g/mol. The maximum atomic E-state index is 13.1. The van der Waals surface area contributed by atoms with Gasteiger partial charge < -0.3 is 26.2 Å². The number of quaternary nitrogens is 1. The molecular formula is C24H34BrNO2. The topological polar surface area (TPSA) is 26.3 Å². The number of rotatable bonds is 5. The molecule has 4 atom stereocenters. The van der Waals surface area contributed by atoms with Gasteiger partial charge in [-0.1, -0.05) is 36.4 Å². The quantitative estimate of drug-likeness (QED) is 0.509. The van der Waals surface area contributed by atoms with Gasteiger partial charge in [-0.3, -0.25) is 4.79 Å². The van der Waals surface area contributed by atoms with Gasteiger partial charge in [0.25, 0.3) is 0 Å². The molecule has 4 rings (SSSR count). The van der Waals surface area contributed by atoms with E-state index in [1.807, 2.05) is 6.07 Å². The molecule has 3 aliphatic rings. The normalized spacial score (nSPS) is 30.9. The van der Waals surface area contributed by atoms with E-state index in [1.165, 1.54) is 41.6 Å². The minimum Gasteiger partial charge on any atom is -1.00 e. The van der Waals surface area contributed by atoms with Crippen LogP contribution >= 0.6 is 0 Å². The molecule has 1 aliphatic carbocycles. The van der Waals surface area contributed by atoms with E-state index in [9.17, 15) is 4.79 Å². The van der Waals surface area contributed by atoms with Gasteiger partial charge in [0.1, 0.15) is 6.10 Å². The largest absolute Gasteiger partial charge is 1.00 e. The van der Waals surface area contributed by atoms with Crippen LogP contribution in [0, 0.1) is 5.92 Å². The molecule has 0 amide bonds. The number of fused-ring (bicyclic) bond motifs is 2. The molecule has 0 aromatic heterocycles. The molecule has 0 radical (unpaired) electrons. The van der Waals surface area contributed by atoms with Crippen LogP contribution in [-0.2, 0) is 9.53 Å². The lowest BCUT2D eigenvalue weighted by atomic mass is 9.83. The van der Waals surface area contributed by atoms with Crippen LogP contribution in [-0.4, -0.2) is 41.7 Å². The number of carbonyl (C=O) groups is 1. The molecule has 2 heterocycles. The Balaban J connectivity index is 0.00000225. The van der Waals surface area contributed by atoms with Gasteiger partial charge >= 0.3 is 5.97 Å². The Morgan fingerprint density at radius 1 is 1.04 bits per heavy atom. The highest BCUT2D eigenvalue weighted by Crippen LogP contribution is 2.44. The van der Waals surface area contributed by atoms with Crippen LogP contribution in [0.2, 0.25) is 0 Å². The lowest BCUT2D eigenvalue weighted by molar-refractivity contribution is -0.963. The molecule has 0 saturated carbocycles. The third-order valence-electron chi connectivity index (χ3n) is 7.65. The minimum atomic E-state index is -0.0858. The lowest BCUT2D eigenvalue weighted by Crippen LogP contribution is -3.00. The summed E-state index contributed by atoms with van der Waals surface area (Å²) in [5.74, 6) is -0.0699. The Hall–Kier alpha value is -1.13. The summed E-state index contributed by atoms with van der Waals surface area (Å²) in [6, 6.07) is 11.8. The first-order valence-corrected chi connectivity index (χ1v) is 11.0. The summed E-state index contributed by atoms with van der Waals surface area (Å²) in [6.07, 6.45) is 10.2. The first kappa shape index (κ1) is 21.6. The number of allylic oxidation sites excluding steroid dienone is 1. The highest BCUT2D eigenvalue weighted by atomic mass is 79.9. The molecule has 0 spiro atoms. The first-order chi connectivity index (χ1) is 13.2. The van der Waals surface area contributed by atoms with Gasteiger partial charge in [0, 0.05) is 25.7 Å². The predicted octanol–water partition coefficient (Wildman–Crippen LogP) is 1.97. The van der Waals surface area contributed by atoms with Gasteiger partial charge in [-0.25, -0.2) is 0 Å². The summed E-state index contributed by atoms with van der Waals surface area (Å²) in [4.78, 5) is 13.1. The Morgan fingerprint density at radius 2 is 1.68 bits per heavy atom. The minimum absolute atomic E-state index is 0. The van der Waals surface area contributed by atoms with Crippen molar-refractivity contribution in [2.75, 3.05) is 13.1 Å². The van der Waals surface area contributed by atoms with E-state index in [0.717, 1.165) is 32.1 Å². The average Bonchev–Trinajstić information content (AvgIpc) is 2.90. The number of piperidine rings is 1. The molecule has 2 bridgehead atoms. The van der Waals surface area contributed by atoms with Crippen LogP contribution in [0.25, 0.3) is 5.57 Å². The van der Waals surface area contributed by atoms with Crippen LogP contribution in [0.4, 0.5) is 0 Å². The van der Waals surface area contributed by atoms with Crippen LogP contribution in [0.1, 0.15) is 64.4 Å². The summed E-state index contributed by atoms with van der Waals surface area (Å²) in [5, 5.41) is 0. The van der Waals surface area contributed by atoms with Crippen molar-refractivity contribution in [1.82, 2.24) is 0 Å². The molecular weight excluding hydrogens is 414 g/mol. The Labute approximate surface area is 180 Å². The molecule has 2 saturated heterocycles. The number of hydrogen-bond acceptors (Lipinski definition) is 2. The van der Waals surface area contributed by atoms with Crippen molar-refractivity contribution < 1.29 is 31.0 Å². The first-order valence-electron chi connectivity index (χ1n) is 11.0. The van der Waals surface area contributed by atoms with E-state index in [4.69, 9.17) is 4.74 Å². The van der Waals surface area contributed by atoms with Crippen LogP contribution in [0.15, 0.2) is 36.4 Å². The van der Waals surface area contributed by atoms with Crippen LogP contribution in [0.3, 0.4) is 0 Å². The molecule has 3 nitrogen and oxygen atoms in total. The fourth-order valence-corrected chi connectivity index (χ4v) is 6.23. The maximum absolute atomic E-state index is 13.1. The smallest absolute Gasteiger partial charge is 0.313 e. The number of benzene rings is 1. The van der Waals surface area contributed by atoms with Gasteiger partial charge in [-0.2, -0.15) is 0 Å². The molecule has 2 aliphatic heterocycles. The second-order valence-electron chi connectivity index (χ2n) is 8.66. The zero-order chi connectivity index (χ0) is 18.9. The van der Waals surface area contributed by atoms with Gasteiger partial charge in [-0.05, 0) is 44.2 Å². The third-order valence-corrected chi connectivity index (χ3v) is 7.65. The third kappa shape index (κ3) is 3.82. The van der Waals surface area contributed by atoms with Crippen molar-refractivity contribution in [2.24, 2.45) is 5.92 Å². The predicted molar refractivity (Wildman–Crippen MR) is 109 cm³/mol. The van der Waals surface area contributed by atoms with Crippen molar-refractivity contribution in [3.05, 3.63) is 42.0 Å². The fourth-order valence-electron chi connectivity index (χ4n) is 6.23. The SMILES string of the molecule is CC[N+]1(CC)[C@@H]2CC[C@H]1CC(OC(=O)C1CCCC=C1c1ccccc1)C2.[Br-]. The van der Waals surface area contributed by atoms with Gasteiger partial charge in [-0.15, -0.1) is 0 Å². The number of ether oxygens (including phenoxy) is 1. The van der Waals surface area contributed by atoms with E-state index in [2.05, 4.69) is 44.2 Å². The van der Waals surface area contributed by atoms with E-state index in [1.54, 1.807) is 0 Å². The molecule has 2 fully saturated rings. The summed E-state index contributed by atoms with van der Waals surface area (Å²) < 4.78 is 7.41. The monoisotopic (exact) mass is 447 g/mol. The van der Waals surface area contributed by atoms with Gasteiger partial charge in [0.2, 0.25) is 0 Å².